The van der Waals surface area contributed by atoms with Crippen LogP contribution < -0.4 is 4.74 Å². The van der Waals surface area contributed by atoms with Crippen LogP contribution >= 0.6 is 24.0 Å². The van der Waals surface area contributed by atoms with E-state index in [1.54, 1.807) is 7.11 Å². The number of aromatic nitrogens is 1. The van der Waals surface area contributed by atoms with Crippen molar-refractivity contribution in [1.29, 1.82) is 0 Å². The number of fused-ring (bicyclic) bond motifs is 1. The Morgan fingerprint density at radius 1 is 1.41 bits per heavy atom. The van der Waals surface area contributed by atoms with Gasteiger partial charge in [0.25, 0.3) is 5.91 Å². The molecule has 0 atom stereocenters. The van der Waals surface area contributed by atoms with E-state index in [9.17, 15) is 9.59 Å². The number of thioether (sulfide) groups is 1. The van der Waals surface area contributed by atoms with E-state index in [1.807, 2.05) is 38.2 Å². The average molecular weight is 405 g/mol. The van der Waals surface area contributed by atoms with Crippen molar-refractivity contribution >= 4 is 57.2 Å². The van der Waals surface area contributed by atoms with Crippen LogP contribution in [0.15, 0.2) is 23.1 Å². The van der Waals surface area contributed by atoms with Gasteiger partial charge in [-0.3, -0.25) is 14.5 Å². The van der Waals surface area contributed by atoms with Crippen LogP contribution in [0.4, 0.5) is 0 Å². The monoisotopic (exact) mass is 404 g/mol. The lowest BCUT2D eigenvalue weighted by atomic mass is 10.1. The van der Waals surface area contributed by atoms with Crippen LogP contribution in [-0.2, 0) is 16.6 Å². The number of carboxylic acid groups (broad SMARTS) is 1. The number of aliphatic carboxylic acids is 1. The third kappa shape index (κ3) is 3.72. The normalized spacial score (nSPS) is 16.0. The highest BCUT2D eigenvalue weighted by Crippen LogP contribution is 2.36. The zero-order valence-electron chi connectivity index (χ0n) is 15.3. The number of amides is 1. The molecule has 1 amide bonds. The second-order valence-corrected chi connectivity index (χ2v) is 7.95. The number of nitrogens with zero attached hydrogens (tertiary/aromatic N) is 2. The topological polar surface area (TPSA) is 71.8 Å². The second-order valence-electron chi connectivity index (χ2n) is 6.27. The number of carbonyl (C=O) groups excluding carboxylic acids is 1. The van der Waals surface area contributed by atoms with Gasteiger partial charge in [0.1, 0.15) is 10.1 Å². The molecular formula is C19H20N2O4S2. The maximum Gasteiger partial charge on any atom is 0.303 e. The molecule has 142 valence electrons. The minimum Gasteiger partial charge on any atom is -0.497 e. The van der Waals surface area contributed by atoms with Crippen molar-refractivity contribution in [2.24, 2.45) is 7.05 Å². The Morgan fingerprint density at radius 3 is 2.81 bits per heavy atom. The van der Waals surface area contributed by atoms with Gasteiger partial charge in [0.15, 0.2) is 0 Å². The van der Waals surface area contributed by atoms with E-state index in [1.165, 1.54) is 16.7 Å². The predicted molar refractivity (Wildman–Crippen MR) is 111 cm³/mol. The van der Waals surface area contributed by atoms with Crippen LogP contribution in [0.2, 0.25) is 0 Å². The summed E-state index contributed by atoms with van der Waals surface area (Å²) in [6.45, 7) is 2.32. The average Bonchev–Trinajstić information content (AvgIpc) is 3.03. The van der Waals surface area contributed by atoms with Gasteiger partial charge in [-0.1, -0.05) is 24.0 Å². The second kappa shape index (κ2) is 7.74. The summed E-state index contributed by atoms with van der Waals surface area (Å²) in [5, 5.41) is 9.78. The molecule has 2 heterocycles. The summed E-state index contributed by atoms with van der Waals surface area (Å²) in [6, 6.07) is 5.87. The molecule has 1 aliphatic rings. The highest BCUT2D eigenvalue weighted by Gasteiger charge is 2.32. The number of carbonyl (C=O) groups is 2. The first-order valence-corrected chi connectivity index (χ1v) is 9.66. The van der Waals surface area contributed by atoms with Crippen molar-refractivity contribution in [3.05, 3.63) is 34.4 Å². The zero-order valence-corrected chi connectivity index (χ0v) is 16.9. The lowest BCUT2D eigenvalue weighted by Crippen LogP contribution is -2.29. The highest BCUT2D eigenvalue weighted by molar-refractivity contribution is 8.26. The SMILES string of the molecule is COc1ccc2c(c1)c(/C=C1\SC(=S)N(CCCC(=O)O)C1=O)c(C)n2C. The fourth-order valence-corrected chi connectivity index (χ4v) is 4.39. The first-order chi connectivity index (χ1) is 12.8. The van der Waals surface area contributed by atoms with Gasteiger partial charge < -0.3 is 14.4 Å². The predicted octanol–water partition coefficient (Wildman–Crippen LogP) is 3.56. The Hall–Kier alpha value is -2.32. The van der Waals surface area contributed by atoms with Crippen molar-refractivity contribution in [1.82, 2.24) is 9.47 Å². The van der Waals surface area contributed by atoms with Crippen molar-refractivity contribution < 1.29 is 19.4 Å². The third-order valence-corrected chi connectivity index (χ3v) is 6.05. The number of methoxy groups -OCH3 is 1. The molecule has 0 radical (unpaired) electrons. The molecular weight excluding hydrogens is 384 g/mol. The summed E-state index contributed by atoms with van der Waals surface area (Å²) in [5.74, 6) is -0.296. The van der Waals surface area contributed by atoms with Gasteiger partial charge in [-0.2, -0.15) is 0 Å². The lowest BCUT2D eigenvalue weighted by molar-refractivity contribution is -0.137. The standard InChI is InChI=1S/C19H20N2O4S2/c1-11-13(14-9-12(25-3)6-7-15(14)20(11)2)10-16-18(24)21(19(26)27-16)8-4-5-17(22)23/h6-7,9-10H,4-5,8H2,1-3H3,(H,22,23)/b16-10-. The van der Waals surface area contributed by atoms with Crippen LogP contribution in [-0.4, -0.2) is 44.4 Å². The van der Waals surface area contributed by atoms with Crippen molar-refractivity contribution in [2.45, 2.75) is 19.8 Å². The van der Waals surface area contributed by atoms with E-state index in [0.717, 1.165) is 27.9 Å². The molecule has 1 N–H and O–H groups in total. The van der Waals surface area contributed by atoms with Gasteiger partial charge in [0.2, 0.25) is 0 Å². The molecule has 27 heavy (non-hydrogen) atoms. The number of carboxylic acids is 1. The van der Waals surface area contributed by atoms with Crippen LogP contribution in [0.3, 0.4) is 0 Å². The first kappa shape index (κ1) is 19.4. The molecule has 6 nitrogen and oxygen atoms in total. The fourth-order valence-electron chi connectivity index (χ4n) is 3.10. The van der Waals surface area contributed by atoms with Crippen molar-refractivity contribution in [2.75, 3.05) is 13.7 Å². The number of rotatable bonds is 6. The Morgan fingerprint density at radius 2 is 2.15 bits per heavy atom. The molecule has 0 unspecified atom stereocenters. The van der Waals surface area contributed by atoms with Gasteiger partial charge in [-0.05, 0) is 37.6 Å². The van der Waals surface area contributed by atoms with Crippen LogP contribution in [0.1, 0.15) is 24.1 Å². The van der Waals surface area contributed by atoms with Crippen LogP contribution in [0.5, 0.6) is 5.75 Å². The van der Waals surface area contributed by atoms with Gasteiger partial charge in [0, 0.05) is 42.2 Å². The Labute approximate surface area is 166 Å². The molecule has 1 aromatic heterocycles. The number of benzene rings is 1. The van der Waals surface area contributed by atoms with E-state index in [0.29, 0.717) is 22.2 Å². The molecule has 8 heteroatoms. The molecule has 1 saturated heterocycles. The Bertz CT molecular complexity index is 978. The summed E-state index contributed by atoms with van der Waals surface area (Å²) >= 11 is 6.57. The summed E-state index contributed by atoms with van der Waals surface area (Å²) < 4.78 is 7.88. The molecule has 0 bridgehead atoms. The molecule has 1 aromatic carbocycles. The third-order valence-electron chi connectivity index (χ3n) is 4.67. The first-order valence-electron chi connectivity index (χ1n) is 8.43. The fraction of sp³-hybridized carbons (Fsp3) is 0.316. The zero-order chi connectivity index (χ0) is 19.7. The van der Waals surface area contributed by atoms with Crippen LogP contribution in [0.25, 0.3) is 17.0 Å². The summed E-state index contributed by atoms with van der Waals surface area (Å²) in [6.07, 6.45) is 2.26. The van der Waals surface area contributed by atoms with Gasteiger partial charge in [-0.15, -0.1) is 0 Å². The number of thiocarbonyl (C=S) groups is 1. The van der Waals surface area contributed by atoms with Crippen molar-refractivity contribution in [3.8, 4) is 5.75 Å². The molecule has 2 aromatic rings. The van der Waals surface area contributed by atoms with E-state index >= 15 is 0 Å². The largest absolute Gasteiger partial charge is 0.497 e. The number of aryl methyl sites for hydroxylation is 1. The number of hydrogen-bond donors (Lipinski definition) is 1. The van der Waals surface area contributed by atoms with E-state index in [2.05, 4.69) is 4.57 Å². The van der Waals surface area contributed by atoms with Crippen LogP contribution in [0, 0.1) is 6.92 Å². The number of hydrogen-bond acceptors (Lipinski definition) is 5. The lowest BCUT2D eigenvalue weighted by Gasteiger charge is -2.13. The van der Waals surface area contributed by atoms with Gasteiger partial charge in [-0.25, -0.2) is 0 Å². The molecule has 1 aliphatic heterocycles. The molecule has 1 fully saturated rings. The minimum absolute atomic E-state index is 0.0122. The van der Waals surface area contributed by atoms with Gasteiger partial charge in [0.05, 0.1) is 12.0 Å². The Kier molecular flexibility index (Phi) is 5.57. The molecule has 0 aliphatic carbocycles. The van der Waals surface area contributed by atoms with E-state index in [-0.39, 0.29) is 12.3 Å². The van der Waals surface area contributed by atoms with E-state index in [4.69, 9.17) is 22.1 Å². The van der Waals surface area contributed by atoms with Crippen molar-refractivity contribution in [3.63, 3.8) is 0 Å². The number of ether oxygens (including phenoxy) is 1. The van der Waals surface area contributed by atoms with Gasteiger partial charge >= 0.3 is 5.97 Å². The maximum absolute atomic E-state index is 12.7. The smallest absolute Gasteiger partial charge is 0.303 e. The molecule has 0 spiro atoms. The minimum atomic E-state index is -0.878. The maximum atomic E-state index is 12.7. The van der Waals surface area contributed by atoms with E-state index < -0.39 is 5.97 Å². The summed E-state index contributed by atoms with van der Waals surface area (Å²) in [5.41, 5.74) is 3.04. The molecule has 3 rings (SSSR count). The summed E-state index contributed by atoms with van der Waals surface area (Å²) in [7, 11) is 3.61. The molecule has 0 saturated carbocycles. The summed E-state index contributed by atoms with van der Waals surface area (Å²) in [4.78, 5) is 25.5. The highest BCUT2D eigenvalue weighted by atomic mass is 32.2. The quantitative estimate of drug-likeness (QED) is 0.586. The Balaban J connectivity index is 1.95.